The summed E-state index contributed by atoms with van der Waals surface area (Å²) < 4.78 is 18.0. The van der Waals surface area contributed by atoms with Crippen molar-refractivity contribution in [2.75, 3.05) is 53.4 Å². The van der Waals surface area contributed by atoms with E-state index < -0.39 is 0 Å². The molecular formula is C21H28N4O3. The van der Waals surface area contributed by atoms with E-state index in [9.17, 15) is 0 Å². The number of methoxy groups -OCH3 is 3. The third-order valence-electron chi connectivity index (χ3n) is 4.68. The first-order valence-electron chi connectivity index (χ1n) is 9.27. The second-order valence-electron chi connectivity index (χ2n) is 6.59. The number of imidazole rings is 1. The van der Waals surface area contributed by atoms with Crippen LogP contribution in [0, 0.1) is 0 Å². The van der Waals surface area contributed by atoms with Gasteiger partial charge in [0.15, 0.2) is 0 Å². The van der Waals surface area contributed by atoms with E-state index in [4.69, 9.17) is 24.9 Å². The van der Waals surface area contributed by atoms with E-state index in [1.807, 2.05) is 42.6 Å². The van der Waals surface area contributed by atoms with Gasteiger partial charge in [0.05, 0.1) is 31.7 Å². The summed E-state index contributed by atoms with van der Waals surface area (Å²) in [5, 5.41) is 0. The van der Waals surface area contributed by atoms with Gasteiger partial charge < -0.3 is 24.3 Å². The Kier molecular flexibility index (Phi) is 6.86. The van der Waals surface area contributed by atoms with E-state index >= 15 is 0 Å². The lowest BCUT2D eigenvalue weighted by molar-refractivity contribution is 0.109. The minimum Gasteiger partial charge on any atom is -0.497 e. The van der Waals surface area contributed by atoms with Crippen LogP contribution in [0.4, 0.5) is 5.69 Å². The van der Waals surface area contributed by atoms with Crippen LogP contribution in [0.5, 0.6) is 5.75 Å². The Morgan fingerprint density at radius 1 is 1.04 bits per heavy atom. The van der Waals surface area contributed by atoms with Gasteiger partial charge in [-0.1, -0.05) is 12.1 Å². The number of nitrogens with zero attached hydrogens (tertiary/aromatic N) is 3. The van der Waals surface area contributed by atoms with Gasteiger partial charge in [-0.05, 0) is 24.3 Å². The highest BCUT2D eigenvalue weighted by Crippen LogP contribution is 2.29. The molecule has 0 radical (unpaired) electrons. The van der Waals surface area contributed by atoms with Crippen LogP contribution in [0.15, 0.2) is 42.6 Å². The summed E-state index contributed by atoms with van der Waals surface area (Å²) in [4.78, 5) is 7.17. The molecule has 7 nitrogen and oxygen atoms in total. The molecule has 2 aromatic heterocycles. The molecule has 0 unspecified atom stereocenters. The normalized spacial score (nSPS) is 11.4. The number of ether oxygens (including phenoxy) is 3. The maximum Gasteiger partial charge on any atom is 0.137 e. The zero-order chi connectivity index (χ0) is 19.9. The highest BCUT2D eigenvalue weighted by molar-refractivity contribution is 5.68. The first-order valence-corrected chi connectivity index (χ1v) is 9.27. The first-order chi connectivity index (χ1) is 13.7. The van der Waals surface area contributed by atoms with Crippen LogP contribution in [-0.4, -0.2) is 61.9 Å². The van der Waals surface area contributed by atoms with Crippen molar-refractivity contribution in [2.24, 2.45) is 0 Å². The predicted octanol–water partition coefficient (Wildman–Crippen LogP) is 2.69. The number of hydrogen-bond acceptors (Lipinski definition) is 6. The summed E-state index contributed by atoms with van der Waals surface area (Å²) in [6.07, 6.45) is 1.92. The molecule has 0 bridgehead atoms. The van der Waals surface area contributed by atoms with Gasteiger partial charge in [-0.15, -0.1) is 0 Å². The molecule has 0 amide bonds. The average molecular weight is 384 g/mol. The largest absolute Gasteiger partial charge is 0.497 e. The molecule has 0 spiro atoms. The number of nitrogen functional groups attached to an aromatic ring is 1. The molecule has 2 N–H and O–H groups in total. The zero-order valence-electron chi connectivity index (χ0n) is 16.7. The summed E-state index contributed by atoms with van der Waals surface area (Å²) in [5.41, 5.74) is 10.6. The topological polar surface area (TPSA) is 74.2 Å². The SMILES string of the molecule is COCCN(CCOC)Cc1c(-c2cccc(OC)c2)nc2ccc(N)cn12. The molecule has 3 rings (SSSR count). The zero-order valence-corrected chi connectivity index (χ0v) is 16.7. The lowest BCUT2D eigenvalue weighted by Gasteiger charge is -2.22. The molecule has 0 fully saturated rings. The maximum atomic E-state index is 6.06. The molecule has 0 aliphatic heterocycles. The van der Waals surface area contributed by atoms with Crippen LogP contribution in [-0.2, 0) is 16.0 Å². The predicted molar refractivity (Wildman–Crippen MR) is 111 cm³/mol. The van der Waals surface area contributed by atoms with Crippen LogP contribution >= 0.6 is 0 Å². The van der Waals surface area contributed by atoms with E-state index in [0.29, 0.717) is 25.4 Å². The fraction of sp³-hybridized carbons (Fsp3) is 0.381. The van der Waals surface area contributed by atoms with E-state index in [0.717, 1.165) is 41.4 Å². The maximum absolute atomic E-state index is 6.06. The number of nitrogens with two attached hydrogens (primary N) is 1. The first kappa shape index (κ1) is 20.1. The van der Waals surface area contributed by atoms with Gasteiger partial charge >= 0.3 is 0 Å². The minimum atomic E-state index is 0.650. The van der Waals surface area contributed by atoms with Crippen LogP contribution in [0.25, 0.3) is 16.9 Å². The molecule has 7 heteroatoms. The number of benzene rings is 1. The lowest BCUT2D eigenvalue weighted by atomic mass is 10.1. The Bertz CT molecular complexity index is 902. The Morgan fingerprint density at radius 3 is 2.46 bits per heavy atom. The highest BCUT2D eigenvalue weighted by Gasteiger charge is 2.18. The van der Waals surface area contributed by atoms with Crippen LogP contribution in [0.3, 0.4) is 0 Å². The smallest absolute Gasteiger partial charge is 0.137 e. The number of hydrogen-bond donors (Lipinski definition) is 1. The van der Waals surface area contributed by atoms with E-state index in [-0.39, 0.29) is 0 Å². The molecule has 0 atom stereocenters. The molecule has 2 heterocycles. The monoisotopic (exact) mass is 384 g/mol. The quantitative estimate of drug-likeness (QED) is 0.579. The van der Waals surface area contributed by atoms with Gasteiger partial charge in [-0.2, -0.15) is 0 Å². The molecule has 0 aliphatic carbocycles. The summed E-state index contributed by atoms with van der Waals surface area (Å²) in [6, 6.07) is 11.8. The lowest BCUT2D eigenvalue weighted by Crippen LogP contribution is -2.31. The van der Waals surface area contributed by atoms with Crippen molar-refractivity contribution in [1.29, 1.82) is 0 Å². The third-order valence-corrected chi connectivity index (χ3v) is 4.68. The molecule has 0 saturated heterocycles. The van der Waals surface area contributed by atoms with Crippen molar-refractivity contribution in [3.8, 4) is 17.0 Å². The van der Waals surface area contributed by atoms with Crippen molar-refractivity contribution in [3.63, 3.8) is 0 Å². The van der Waals surface area contributed by atoms with Crippen LogP contribution in [0.1, 0.15) is 5.69 Å². The molecule has 150 valence electrons. The molecular weight excluding hydrogens is 356 g/mol. The third kappa shape index (κ3) is 4.62. The second-order valence-corrected chi connectivity index (χ2v) is 6.59. The summed E-state index contributed by atoms with van der Waals surface area (Å²) in [7, 11) is 5.10. The molecule has 0 aliphatic rings. The van der Waals surface area contributed by atoms with Crippen molar-refractivity contribution in [2.45, 2.75) is 6.54 Å². The number of anilines is 1. The highest BCUT2D eigenvalue weighted by atomic mass is 16.5. The van der Waals surface area contributed by atoms with E-state index in [2.05, 4.69) is 9.30 Å². The summed E-state index contributed by atoms with van der Waals surface area (Å²) in [5.74, 6) is 0.802. The summed E-state index contributed by atoms with van der Waals surface area (Å²) >= 11 is 0. The Morgan fingerprint density at radius 2 is 1.79 bits per heavy atom. The Hall–Kier alpha value is -2.61. The van der Waals surface area contributed by atoms with Crippen molar-refractivity contribution >= 4 is 11.3 Å². The standard InChI is InChI=1S/C21H28N4O3/c1-26-11-9-24(10-12-27-2)15-19-21(16-5-4-6-18(13-16)28-3)23-20-8-7-17(22)14-25(19)20/h4-8,13-14H,9-12,15,22H2,1-3H3. The van der Waals surface area contributed by atoms with Crippen molar-refractivity contribution in [3.05, 3.63) is 48.3 Å². The number of rotatable bonds is 10. The molecule has 1 aromatic carbocycles. The van der Waals surface area contributed by atoms with Gasteiger partial charge in [0.1, 0.15) is 11.4 Å². The second kappa shape index (κ2) is 9.54. The van der Waals surface area contributed by atoms with E-state index in [1.165, 1.54) is 0 Å². The Balaban J connectivity index is 2.05. The van der Waals surface area contributed by atoms with Gasteiger partial charge in [-0.25, -0.2) is 4.98 Å². The molecule has 3 aromatic rings. The number of fused-ring (bicyclic) bond motifs is 1. The summed E-state index contributed by atoms with van der Waals surface area (Å²) in [6.45, 7) is 3.60. The van der Waals surface area contributed by atoms with Gasteiger partial charge in [0.25, 0.3) is 0 Å². The molecule has 0 saturated carbocycles. The average Bonchev–Trinajstić information content (AvgIpc) is 3.07. The Labute approximate surface area is 165 Å². The van der Waals surface area contributed by atoms with Crippen molar-refractivity contribution in [1.82, 2.24) is 14.3 Å². The van der Waals surface area contributed by atoms with Crippen molar-refractivity contribution < 1.29 is 14.2 Å². The van der Waals surface area contributed by atoms with Gasteiger partial charge in [0, 0.05) is 51.3 Å². The van der Waals surface area contributed by atoms with Gasteiger partial charge in [0.2, 0.25) is 0 Å². The molecule has 28 heavy (non-hydrogen) atoms. The fourth-order valence-electron chi connectivity index (χ4n) is 3.18. The van der Waals surface area contributed by atoms with E-state index in [1.54, 1.807) is 21.3 Å². The van der Waals surface area contributed by atoms with Crippen LogP contribution < -0.4 is 10.5 Å². The number of pyridine rings is 1. The minimum absolute atomic E-state index is 0.650. The van der Waals surface area contributed by atoms with Gasteiger partial charge in [-0.3, -0.25) is 4.90 Å². The van der Waals surface area contributed by atoms with Crippen LogP contribution in [0.2, 0.25) is 0 Å². The fourth-order valence-corrected chi connectivity index (χ4v) is 3.18. The number of aromatic nitrogens is 2.